The number of hydrogen-bond donors (Lipinski definition) is 0. The first-order chi connectivity index (χ1) is 13.7. The van der Waals surface area contributed by atoms with Gasteiger partial charge in [0.15, 0.2) is 0 Å². The van der Waals surface area contributed by atoms with Gasteiger partial charge in [-0.1, -0.05) is 41.4 Å². The highest BCUT2D eigenvalue weighted by molar-refractivity contribution is 7.89. The Balaban J connectivity index is 1.82. The molecule has 6 nitrogen and oxygen atoms in total. The SMILES string of the molecule is Cc1ccc(CN(C)C(=O)c2cc(S(=O)(=O)N3CCN(C)CC3)ccc2Cl)cc1. The van der Waals surface area contributed by atoms with Gasteiger partial charge in [0.25, 0.3) is 5.91 Å². The largest absolute Gasteiger partial charge is 0.337 e. The maximum absolute atomic E-state index is 13.0. The Hall–Kier alpha value is -1.93. The number of nitrogens with zero attached hydrogens (tertiary/aromatic N) is 3. The molecule has 1 aliphatic heterocycles. The fourth-order valence-electron chi connectivity index (χ4n) is 3.25. The Kier molecular flexibility index (Phi) is 6.63. The van der Waals surface area contributed by atoms with Gasteiger partial charge in [-0.2, -0.15) is 4.31 Å². The van der Waals surface area contributed by atoms with Gasteiger partial charge in [-0.25, -0.2) is 8.42 Å². The van der Waals surface area contributed by atoms with Crippen molar-refractivity contribution in [3.05, 3.63) is 64.2 Å². The third-order valence-corrected chi connectivity index (χ3v) is 7.38. The summed E-state index contributed by atoms with van der Waals surface area (Å²) in [4.78, 5) is 16.7. The van der Waals surface area contributed by atoms with Crippen LogP contribution in [-0.4, -0.2) is 68.7 Å². The Morgan fingerprint density at radius 1 is 1.07 bits per heavy atom. The fourth-order valence-corrected chi connectivity index (χ4v) is 4.90. The Bertz CT molecular complexity index is 985. The van der Waals surface area contributed by atoms with Crippen molar-refractivity contribution in [1.82, 2.24) is 14.1 Å². The molecule has 3 rings (SSSR count). The number of halogens is 1. The van der Waals surface area contributed by atoms with Gasteiger partial charge in [0.05, 0.1) is 15.5 Å². The van der Waals surface area contributed by atoms with Gasteiger partial charge in [0.1, 0.15) is 0 Å². The predicted molar refractivity (Wildman–Crippen MR) is 115 cm³/mol. The van der Waals surface area contributed by atoms with Crippen molar-refractivity contribution in [2.45, 2.75) is 18.4 Å². The molecule has 0 saturated carbocycles. The molecule has 1 amide bonds. The van der Waals surface area contributed by atoms with Crippen LogP contribution >= 0.6 is 11.6 Å². The van der Waals surface area contributed by atoms with Gasteiger partial charge in [-0.3, -0.25) is 4.79 Å². The maximum Gasteiger partial charge on any atom is 0.255 e. The second-order valence-corrected chi connectivity index (χ2v) is 9.84. The van der Waals surface area contributed by atoms with E-state index in [1.807, 2.05) is 38.2 Å². The van der Waals surface area contributed by atoms with Gasteiger partial charge in [0.2, 0.25) is 10.0 Å². The minimum absolute atomic E-state index is 0.0959. The van der Waals surface area contributed by atoms with Gasteiger partial charge < -0.3 is 9.80 Å². The Morgan fingerprint density at radius 2 is 1.69 bits per heavy atom. The molecule has 0 spiro atoms. The fraction of sp³-hybridized carbons (Fsp3) is 0.381. The first kappa shape index (κ1) is 21.8. The third kappa shape index (κ3) is 4.98. The van der Waals surface area contributed by atoms with Gasteiger partial charge in [-0.05, 0) is 37.7 Å². The van der Waals surface area contributed by atoms with Crippen molar-refractivity contribution in [2.24, 2.45) is 0 Å². The van der Waals surface area contributed by atoms with Crippen molar-refractivity contribution < 1.29 is 13.2 Å². The summed E-state index contributed by atoms with van der Waals surface area (Å²) in [5.41, 5.74) is 2.33. The molecule has 0 unspecified atom stereocenters. The highest BCUT2D eigenvalue weighted by atomic mass is 35.5. The molecule has 0 atom stereocenters. The number of piperazine rings is 1. The average Bonchev–Trinajstić information content (AvgIpc) is 2.69. The van der Waals surface area contributed by atoms with Crippen LogP contribution in [0.25, 0.3) is 0 Å². The van der Waals surface area contributed by atoms with Crippen molar-refractivity contribution >= 4 is 27.5 Å². The number of aryl methyl sites for hydroxylation is 1. The Morgan fingerprint density at radius 3 is 2.31 bits per heavy atom. The van der Waals surface area contributed by atoms with E-state index in [1.54, 1.807) is 7.05 Å². The first-order valence-corrected chi connectivity index (χ1v) is 11.3. The van der Waals surface area contributed by atoms with E-state index in [2.05, 4.69) is 4.90 Å². The summed E-state index contributed by atoms with van der Waals surface area (Å²) in [5, 5.41) is 0.239. The van der Waals surface area contributed by atoms with Crippen LogP contribution in [0.5, 0.6) is 0 Å². The number of carbonyl (C=O) groups is 1. The number of benzene rings is 2. The van der Waals surface area contributed by atoms with Gasteiger partial charge >= 0.3 is 0 Å². The molecular weight excluding hydrogens is 410 g/mol. The molecule has 0 radical (unpaired) electrons. The number of amides is 1. The highest BCUT2D eigenvalue weighted by Gasteiger charge is 2.29. The number of carbonyl (C=O) groups excluding carboxylic acids is 1. The van der Waals surface area contributed by atoms with E-state index in [4.69, 9.17) is 11.6 Å². The summed E-state index contributed by atoms with van der Waals surface area (Å²) in [7, 11) is -0.0244. The van der Waals surface area contributed by atoms with Crippen LogP contribution in [-0.2, 0) is 16.6 Å². The highest BCUT2D eigenvalue weighted by Crippen LogP contribution is 2.25. The molecule has 2 aromatic rings. The summed E-state index contributed by atoms with van der Waals surface area (Å²) in [6.07, 6.45) is 0. The van der Waals surface area contributed by atoms with Crippen molar-refractivity contribution in [3.63, 3.8) is 0 Å². The third-order valence-electron chi connectivity index (χ3n) is 5.16. The van der Waals surface area contributed by atoms with Crippen LogP contribution in [0.4, 0.5) is 0 Å². The second kappa shape index (κ2) is 8.83. The van der Waals surface area contributed by atoms with E-state index in [9.17, 15) is 13.2 Å². The molecule has 1 aliphatic rings. The number of likely N-dealkylation sites (N-methyl/N-ethyl adjacent to an activating group) is 1. The average molecular weight is 436 g/mol. The lowest BCUT2D eigenvalue weighted by atomic mass is 10.1. The summed E-state index contributed by atoms with van der Waals surface area (Å²) >= 11 is 6.25. The minimum Gasteiger partial charge on any atom is -0.337 e. The Labute approximate surface area is 177 Å². The summed E-state index contributed by atoms with van der Waals surface area (Å²) < 4.78 is 27.5. The van der Waals surface area contributed by atoms with E-state index >= 15 is 0 Å². The van der Waals surface area contributed by atoms with E-state index in [0.29, 0.717) is 32.7 Å². The van der Waals surface area contributed by atoms with Gasteiger partial charge in [0, 0.05) is 39.8 Å². The van der Waals surface area contributed by atoms with Crippen molar-refractivity contribution in [3.8, 4) is 0 Å². The van der Waals surface area contributed by atoms with E-state index in [0.717, 1.165) is 11.1 Å². The molecule has 2 aromatic carbocycles. The van der Waals surface area contributed by atoms with Crippen molar-refractivity contribution in [2.75, 3.05) is 40.3 Å². The van der Waals surface area contributed by atoms with E-state index in [-0.39, 0.29) is 21.4 Å². The predicted octanol–water partition coefficient (Wildman–Crippen LogP) is 2.86. The summed E-state index contributed by atoms with van der Waals surface area (Å²) in [5.74, 6) is -0.314. The zero-order valence-electron chi connectivity index (χ0n) is 16.9. The molecule has 29 heavy (non-hydrogen) atoms. The zero-order valence-corrected chi connectivity index (χ0v) is 18.5. The summed E-state index contributed by atoms with van der Waals surface area (Å²) in [6.45, 7) is 4.63. The number of sulfonamides is 1. The van der Waals surface area contributed by atoms with E-state index in [1.165, 1.54) is 27.4 Å². The molecule has 0 bridgehead atoms. The zero-order chi connectivity index (χ0) is 21.2. The molecule has 156 valence electrons. The van der Waals surface area contributed by atoms with Gasteiger partial charge in [-0.15, -0.1) is 0 Å². The molecule has 1 heterocycles. The van der Waals surface area contributed by atoms with E-state index < -0.39 is 10.0 Å². The number of rotatable bonds is 5. The monoisotopic (exact) mass is 435 g/mol. The maximum atomic E-state index is 13.0. The molecule has 0 N–H and O–H groups in total. The minimum atomic E-state index is -3.67. The van der Waals surface area contributed by atoms with Crippen molar-refractivity contribution in [1.29, 1.82) is 0 Å². The molecule has 0 aromatic heterocycles. The van der Waals surface area contributed by atoms with Crippen LogP contribution < -0.4 is 0 Å². The van der Waals surface area contributed by atoms with Crippen LogP contribution in [0.3, 0.4) is 0 Å². The second-order valence-electron chi connectivity index (χ2n) is 7.50. The van der Waals surface area contributed by atoms with Crippen LogP contribution in [0.2, 0.25) is 5.02 Å². The molecule has 1 saturated heterocycles. The van der Waals surface area contributed by atoms with Crippen LogP contribution in [0, 0.1) is 6.92 Å². The van der Waals surface area contributed by atoms with Crippen LogP contribution in [0.15, 0.2) is 47.4 Å². The normalized spacial score (nSPS) is 16.0. The lowest BCUT2D eigenvalue weighted by Gasteiger charge is -2.31. The molecule has 0 aliphatic carbocycles. The summed E-state index contributed by atoms with van der Waals surface area (Å²) in [6, 6.07) is 12.3. The van der Waals surface area contributed by atoms with Crippen LogP contribution in [0.1, 0.15) is 21.5 Å². The standard InChI is InChI=1S/C21H26ClN3O3S/c1-16-4-6-17(7-5-16)15-24(3)21(26)19-14-18(8-9-20(19)22)29(27,28)25-12-10-23(2)11-13-25/h4-9,14H,10-13,15H2,1-3H3. The molecule has 8 heteroatoms. The quantitative estimate of drug-likeness (QED) is 0.724. The number of hydrogen-bond acceptors (Lipinski definition) is 4. The lowest BCUT2D eigenvalue weighted by molar-refractivity contribution is 0.0785. The topological polar surface area (TPSA) is 60.9 Å². The molecule has 1 fully saturated rings. The molecular formula is C21H26ClN3O3S. The first-order valence-electron chi connectivity index (χ1n) is 9.48. The smallest absolute Gasteiger partial charge is 0.255 e. The lowest BCUT2D eigenvalue weighted by Crippen LogP contribution is -2.47.